The molecule has 1 fully saturated rings. The van der Waals surface area contributed by atoms with Crippen molar-refractivity contribution in [3.63, 3.8) is 0 Å². The average molecular weight is 264 g/mol. The minimum Gasteiger partial charge on any atom is -0.323 e. The first kappa shape index (κ1) is 14.1. The van der Waals surface area contributed by atoms with Crippen LogP contribution in [-0.4, -0.2) is 28.8 Å². The van der Waals surface area contributed by atoms with Gasteiger partial charge in [0, 0.05) is 19.8 Å². The zero-order valence-corrected chi connectivity index (χ0v) is 12.1. The van der Waals surface area contributed by atoms with E-state index >= 15 is 0 Å². The molecule has 1 aromatic rings. The van der Waals surface area contributed by atoms with Gasteiger partial charge in [-0.2, -0.15) is 5.10 Å². The van der Waals surface area contributed by atoms with Crippen molar-refractivity contribution in [3.05, 3.63) is 11.9 Å². The highest BCUT2D eigenvalue weighted by Gasteiger charge is 2.40. The highest BCUT2D eigenvalue weighted by Crippen LogP contribution is 2.33. The number of amides is 1. The summed E-state index contributed by atoms with van der Waals surface area (Å²) in [4.78, 5) is 12.6. The molecule has 2 heterocycles. The van der Waals surface area contributed by atoms with Gasteiger partial charge in [-0.1, -0.05) is 20.3 Å². The molecule has 1 aromatic heterocycles. The van der Waals surface area contributed by atoms with Gasteiger partial charge in [-0.05, 0) is 25.8 Å². The molecule has 2 N–H and O–H groups in total. The average Bonchev–Trinajstić information content (AvgIpc) is 2.97. The van der Waals surface area contributed by atoms with Crippen LogP contribution in [-0.2, 0) is 18.3 Å². The van der Waals surface area contributed by atoms with E-state index in [0.29, 0.717) is 0 Å². The second-order valence-electron chi connectivity index (χ2n) is 5.43. The molecule has 1 aliphatic heterocycles. The molecule has 1 atom stereocenters. The van der Waals surface area contributed by atoms with E-state index in [1.807, 2.05) is 13.2 Å². The Morgan fingerprint density at radius 1 is 1.58 bits per heavy atom. The van der Waals surface area contributed by atoms with Crippen molar-refractivity contribution in [3.8, 4) is 0 Å². The summed E-state index contributed by atoms with van der Waals surface area (Å²) in [5, 5.41) is 10.8. The van der Waals surface area contributed by atoms with Crippen molar-refractivity contribution >= 4 is 11.6 Å². The van der Waals surface area contributed by atoms with Gasteiger partial charge in [0.25, 0.3) is 0 Å². The van der Waals surface area contributed by atoms with E-state index in [9.17, 15) is 4.79 Å². The van der Waals surface area contributed by atoms with Gasteiger partial charge in [-0.15, -0.1) is 0 Å². The first-order chi connectivity index (χ1) is 9.11. The molecule has 1 aliphatic rings. The smallest absolute Gasteiger partial charge is 0.232 e. The minimum absolute atomic E-state index is 0.141. The van der Waals surface area contributed by atoms with Gasteiger partial charge in [0.05, 0.1) is 16.8 Å². The summed E-state index contributed by atoms with van der Waals surface area (Å²) >= 11 is 0. The van der Waals surface area contributed by atoms with Crippen LogP contribution in [0.25, 0.3) is 0 Å². The Balaban J connectivity index is 2.14. The third kappa shape index (κ3) is 2.81. The Bertz CT molecular complexity index is 446. The summed E-state index contributed by atoms with van der Waals surface area (Å²) in [5.41, 5.74) is 1.57. The highest BCUT2D eigenvalue weighted by atomic mass is 16.2. The molecular formula is C14H24N4O. The van der Waals surface area contributed by atoms with Crippen molar-refractivity contribution in [2.24, 2.45) is 12.5 Å². The quantitative estimate of drug-likeness (QED) is 0.851. The van der Waals surface area contributed by atoms with Gasteiger partial charge < -0.3 is 10.6 Å². The summed E-state index contributed by atoms with van der Waals surface area (Å²) in [5.74, 6) is 0.141. The SMILES string of the molecule is CCCC1(C(=O)Nc2cn(C)nc2CC)CCNC1. The Morgan fingerprint density at radius 2 is 2.37 bits per heavy atom. The van der Waals surface area contributed by atoms with Crippen LogP contribution in [0.5, 0.6) is 0 Å². The van der Waals surface area contributed by atoms with Crippen molar-refractivity contribution in [1.82, 2.24) is 15.1 Å². The number of aryl methyl sites for hydroxylation is 2. The Morgan fingerprint density at radius 3 is 2.95 bits per heavy atom. The molecule has 0 radical (unpaired) electrons. The second kappa shape index (κ2) is 5.74. The number of rotatable bonds is 5. The molecule has 5 heteroatoms. The molecule has 106 valence electrons. The molecule has 5 nitrogen and oxygen atoms in total. The maximum absolute atomic E-state index is 12.6. The van der Waals surface area contributed by atoms with Gasteiger partial charge >= 0.3 is 0 Å². The lowest BCUT2D eigenvalue weighted by Gasteiger charge is -2.26. The molecule has 1 unspecified atom stereocenters. The van der Waals surface area contributed by atoms with Gasteiger partial charge in [0.2, 0.25) is 5.91 Å². The van der Waals surface area contributed by atoms with Crippen LogP contribution >= 0.6 is 0 Å². The fraction of sp³-hybridized carbons (Fsp3) is 0.714. The van der Waals surface area contributed by atoms with Gasteiger partial charge in [0.1, 0.15) is 0 Å². The number of hydrogen-bond donors (Lipinski definition) is 2. The fourth-order valence-corrected chi connectivity index (χ4v) is 2.90. The fourth-order valence-electron chi connectivity index (χ4n) is 2.90. The summed E-state index contributed by atoms with van der Waals surface area (Å²) in [6.07, 6.45) is 5.61. The van der Waals surface area contributed by atoms with E-state index in [1.165, 1.54) is 0 Å². The zero-order valence-electron chi connectivity index (χ0n) is 12.1. The molecule has 19 heavy (non-hydrogen) atoms. The number of nitrogens with zero attached hydrogens (tertiary/aromatic N) is 2. The third-order valence-corrected chi connectivity index (χ3v) is 3.94. The maximum Gasteiger partial charge on any atom is 0.232 e. The molecule has 0 bridgehead atoms. The normalized spacial score (nSPS) is 22.7. The maximum atomic E-state index is 12.6. The molecule has 2 rings (SSSR count). The standard InChI is InChI=1S/C14H24N4O/c1-4-6-14(7-8-15-10-14)13(19)16-12-9-18(3)17-11(12)5-2/h9,15H,4-8,10H2,1-3H3,(H,16,19). The highest BCUT2D eigenvalue weighted by molar-refractivity contribution is 5.96. The monoisotopic (exact) mass is 264 g/mol. The summed E-state index contributed by atoms with van der Waals surface area (Å²) < 4.78 is 1.76. The van der Waals surface area contributed by atoms with Gasteiger partial charge in [-0.3, -0.25) is 9.48 Å². The van der Waals surface area contributed by atoms with E-state index < -0.39 is 0 Å². The van der Waals surface area contributed by atoms with Crippen LogP contribution in [0.3, 0.4) is 0 Å². The minimum atomic E-state index is -0.240. The van der Waals surface area contributed by atoms with Crippen molar-refractivity contribution < 1.29 is 4.79 Å². The van der Waals surface area contributed by atoms with Gasteiger partial charge in [-0.25, -0.2) is 0 Å². The summed E-state index contributed by atoms with van der Waals surface area (Å²) in [6.45, 7) is 5.90. The third-order valence-electron chi connectivity index (χ3n) is 3.94. The van der Waals surface area contributed by atoms with E-state index in [4.69, 9.17) is 0 Å². The number of carbonyl (C=O) groups is 1. The molecule has 0 aliphatic carbocycles. The molecule has 1 saturated heterocycles. The topological polar surface area (TPSA) is 59.0 Å². The lowest BCUT2D eigenvalue weighted by Crippen LogP contribution is -2.38. The lowest BCUT2D eigenvalue weighted by molar-refractivity contribution is -0.125. The van der Waals surface area contributed by atoms with Crippen LogP contribution in [0.1, 0.15) is 38.8 Å². The summed E-state index contributed by atoms with van der Waals surface area (Å²) in [6, 6.07) is 0. The van der Waals surface area contributed by atoms with E-state index in [2.05, 4.69) is 29.6 Å². The molecule has 0 aromatic carbocycles. The van der Waals surface area contributed by atoms with Crippen LogP contribution in [0, 0.1) is 5.41 Å². The number of nitrogens with one attached hydrogen (secondary N) is 2. The Hall–Kier alpha value is -1.36. The second-order valence-corrected chi connectivity index (χ2v) is 5.43. The molecular weight excluding hydrogens is 240 g/mol. The largest absolute Gasteiger partial charge is 0.323 e. The molecule has 0 spiro atoms. The molecule has 1 amide bonds. The van der Waals surface area contributed by atoms with Crippen molar-refractivity contribution in [1.29, 1.82) is 0 Å². The van der Waals surface area contributed by atoms with E-state index in [0.717, 1.165) is 50.2 Å². The Labute approximate surface area is 114 Å². The lowest BCUT2D eigenvalue weighted by atomic mass is 9.81. The van der Waals surface area contributed by atoms with Crippen molar-refractivity contribution in [2.45, 2.75) is 39.5 Å². The number of carbonyl (C=O) groups excluding carboxylic acids is 1. The van der Waals surface area contributed by atoms with E-state index in [1.54, 1.807) is 4.68 Å². The number of anilines is 1. The Kier molecular flexibility index (Phi) is 4.24. The van der Waals surface area contributed by atoms with E-state index in [-0.39, 0.29) is 11.3 Å². The van der Waals surface area contributed by atoms with Crippen LogP contribution in [0.2, 0.25) is 0 Å². The van der Waals surface area contributed by atoms with Gasteiger partial charge in [0.15, 0.2) is 0 Å². The first-order valence-electron chi connectivity index (χ1n) is 7.16. The van der Waals surface area contributed by atoms with Crippen LogP contribution in [0.15, 0.2) is 6.20 Å². The van der Waals surface area contributed by atoms with Crippen molar-refractivity contribution in [2.75, 3.05) is 18.4 Å². The number of aromatic nitrogens is 2. The zero-order chi connectivity index (χ0) is 13.9. The van der Waals surface area contributed by atoms with Crippen LogP contribution in [0.4, 0.5) is 5.69 Å². The first-order valence-corrected chi connectivity index (χ1v) is 7.16. The molecule has 0 saturated carbocycles. The number of hydrogen-bond acceptors (Lipinski definition) is 3. The van der Waals surface area contributed by atoms with Crippen LogP contribution < -0.4 is 10.6 Å². The summed E-state index contributed by atoms with van der Waals surface area (Å²) in [7, 11) is 1.88. The predicted octanol–water partition coefficient (Wildman–Crippen LogP) is 1.70. The predicted molar refractivity (Wildman–Crippen MR) is 76.0 cm³/mol.